The lowest BCUT2D eigenvalue weighted by Gasteiger charge is -2.09. The molecule has 1 unspecified atom stereocenters. The van der Waals surface area contributed by atoms with E-state index in [2.05, 4.69) is 41.2 Å². The third-order valence-electron chi connectivity index (χ3n) is 3.64. The molecular weight excluding hydrogens is 250 g/mol. The van der Waals surface area contributed by atoms with Gasteiger partial charge in [0.05, 0.1) is 6.54 Å². The molecule has 4 nitrogen and oxygen atoms in total. The summed E-state index contributed by atoms with van der Waals surface area (Å²) >= 11 is 0. The molecule has 0 aromatic heterocycles. The third kappa shape index (κ3) is 2.22. The first-order chi connectivity index (χ1) is 9.79. The van der Waals surface area contributed by atoms with E-state index in [4.69, 9.17) is 10.3 Å². The quantitative estimate of drug-likeness (QED) is 0.464. The monoisotopic (exact) mass is 265 g/mol. The van der Waals surface area contributed by atoms with E-state index in [0.29, 0.717) is 6.54 Å². The van der Waals surface area contributed by atoms with Crippen molar-refractivity contribution in [2.75, 3.05) is 6.54 Å². The Labute approximate surface area is 117 Å². The lowest BCUT2D eigenvalue weighted by Crippen LogP contribution is -2.16. The van der Waals surface area contributed by atoms with Crippen molar-refractivity contribution in [1.29, 1.82) is 0 Å². The van der Waals surface area contributed by atoms with Crippen LogP contribution in [0.3, 0.4) is 0 Å². The summed E-state index contributed by atoms with van der Waals surface area (Å²) in [6, 6.07) is 14.5. The fraction of sp³-hybridized carbons (Fsp3) is 0.250. The Bertz CT molecular complexity index is 690. The molecule has 0 N–H and O–H groups in total. The largest absolute Gasteiger partial charge is 0.490 e. The van der Waals surface area contributed by atoms with Crippen LogP contribution in [0.15, 0.2) is 47.6 Å². The number of nitrogens with zero attached hydrogens (tertiary/aromatic N) is 3. The van der Waals surface area contributed by atoms with Gasteiger partial charge in [-0.25, -0.2) is 0 Å². The number of hydrogen-bond donors (Lipinski definition) is 0. The van der Waals surface area contributed by atoms with Gasteiger partial charge in [-0.2, -0.15) is 0 Å². The molecule has 1 aliphatic rings. The van der Waals surface area contributed by atoms with Crippen LogP contribution in [0.2, 0.25) is 0 Å². The molecule has 0 saturated heterocycles. The molecule has 1 atom stereocenters. The van der Waals surface area contributed by atoms with Gasteiger partial charge >= 0.3 is 0 Å². The second kappa shape index (κ2) is 5.27. The number of fused-ring (bicyclic) bond motifs is 1. The first kappa shape index (κ1) is 12.6. The van der Waals surface area contributed by atoms with Crippen LogP contribution in [0.1, 0.15) is 11.1 Å². The number of azide groups is 1. The first-order valence-electron chi connectivity index (χ1n) is 6.65. The van der Waals surface area contributed by atoms with Crippen molar-refractivity contribution in [2.24, 2.45) is 5.11 Å². The van der Waals surface area contributed by atoms with Gasteiger partial charge in [0.2, 0.25) is 0 Å². The fourth-order valence-corrected chi connectivity index (χ4v) is 2.69. The number of benzene rings is 2. The van der Waals surface area contributed by atoms with Crippen LogP contribution in [-0.4, -0.2) is 12.6 Å². The van der Waals surface area contributed by atoms with Crippen LogP contribution >= 0.6 is 0 Å². The van der Waals surface area contributed by atoms with Crippen LogP contribution in [0.25, 0.3) is 21.6 Å². The van der Waals surface area contributed by atoms with Crippen LogP contribution in [0, 0.1) is 6.92 Å². The van der Waals surface area contributed by atoms with Gasteiger partial charge in [-0.3, -0.25) is 0 Å². The molecule has 0 spiro atoms. The van der Waals surface area contributed by atoms with Gasteiger partial charge in [-0.1, -0.05) is 41.5 Å². The summed E-state index contributed by atoms with van der Waals surface area (Å²) in [5.74, 6) is 0.906. The van der Waals surface area contributed by atoms with E-state index in [0.717, 1.165) is 12.2 Å². The van der Waals surface area contributed by atoms with Crippen LogP contribution < -0.4 is 4.74 Å². The zero-order chi connectivity index (χ0) is 13.9. The Kier molecular flexibility index (Phi) is 3.32. The molecule has 2 aromatic rings. The highest BCUT2D eigenvalue weighted by Gasteiger charge is 2.25. The zero-order valence-corrected chi connectivity index (χ0v) is 11.3. The second-order valence-corrected chi connectivity index (χ2v) is 4.95. The molecule has 0 aliphatic carbocycles. The van der Waals surface area contributed by atoms with E-state index in [-0.39, 0.29) is 6.10 Å². The average Bonchev–Trinajstić information content (AvgIpc) is 2.88. The SMILES string of the molecule is Cc1ccccc1-c1cccc2c1CC(CN=[N+]=[N-])O2. The molecule has 0 radical (unpaired) electrons. The Morgan fingerprint density at radius 1 is 1.20 bits per heavy atom. The summed E-state index contributed by atoms with van der Waals surface area (Å²) in [6.45, 7) is 2.49. The molecule has 1 aliphatic heterocycles. The molecular formula is C16H15N3O. The van der Waals surface area contributed by atoms with Gasteiger partial charge < -0.3 is 4.74 Å². The summed E-state index contributed by atoms with van der Waals surface area (Å²) in [7, 11) is 0. The molecule has 0 amide bonds. The summed E-state index contributed by atoms with van der Waals surface area (Å²) in [4.78, 5) is 2.80. The molecule has 2 aromatic carbocycles. The van der Waals surface area contributed by atoms with Crippen LogP contribution in [0.4, 0.5) is 0 Å². The normalized spacial score (nSPS) is 16.1. The van der Waals surface area contributed by atoms with E-state index in [1.807, 2.05) is 18.2 Å². The van der Waals surface area contributed by atoms with Crippen molar-refractivity contribution in [3.05, 3.63) is 64.0 Å². The third-order valence-corrected chi connectivity index (χ3v) is 3.64. The summed E-state index contributed by atoms with van der Waals surface area (Å²) in [5.41, 5.74) is 13.3. The standard InChI is InChI=1S/C16H15N3O/c1-11-5-2-3-6-13(11)14-7-4-8-16-15(14)9-12(20-16)10-18-19-17/h2-8,12H,9-10H2,1H3. The van der Waals surface area contributed by atoms with Crippen LogP contribution in [-0.2, 0) is 6.42 Å². The molecule has 0 bridgehead atoms. The minimum Gasteiger partial charge on any atom is -0.490 e. The highest BCUT2D eigenvalue weighted by Crippen LogP contribution is 2.37. The molecule has 4 heteroatoms. The highest BCUT2D eigenvalue weighted by atomic mass is 16.5. The maximum Gasteiger partial charge on any atom is 0.123 e. The molecule has 100 valence electrons. The molecule has 0 saturated carbocycles. The van der Waals surface area contributed by atoms with Gasteiger partial charge in [0, 0.05) is 16.9 Å². The van der Waals surface area contributed by atoms with E-state index in [1.165, 1.54) is 22.3 Å². The maximum absolute atomic E-state index is 8.42. The van der Waals surface area contributed by atoms with Crippen molar-refractivity contribution >= 4 is 0 Å². The fourth-order valence-electron chi connectivity index (χ4n) is 2.69. The van der Waals surface area contributed by atoms with Gasteiger partial charge in [0.25, 0.3) is 0 Å². The van der Waals surface area contributed by atoms with Gasteiger partial charge in [0.15, 0.2) is 0 Å². The van der Waals surface area contributed by atoms with Crippen LogP contribution in [0.5, 0.6) is 5.75 Å². The minimum atomic E-state index is -0.0499. The lowest BCUT2D eigenvalue weighted by molar-refractivity contribution is 0.241. The lowest BCUT2D eigenvalue weighted by atomic mass is 9.94. The van der Waals surface area contributed by atoms with Crippen molar-refractivity contribution < 1.29 is 4.74 Å². The second-order valence-electron chi connectivity index (χ2n) is 4.95. The predicted molar refractivity (Wildman–Crippen MR) is 78.7 cm³/mol. The van der Waals surface area contributed by atoms with E-state index < -0.39 is 0 Å². The minimum absolute atomic E-state index is 0.0499. The molecule has 20 heavy (non-hydrogen) atoms. The maximum atomic E-state index is 8.42. The Balaban J connectivity index is 1.99. The number of hydrogen-bond acceptors (Lipinski definition) is 2. The number of ether oxygens (including phenoxy) is 1. The number of rotatable bonds is 3. The summed E-state index contributed by atoms with van der Waals surface area (Å²) in [6.07, 6.45) is 0.741. The van der Waals surface area contributed by atoms with Crippen molar-refractivity contribution in [3.63, 3.8) is 0 Å². The van der Waals surface area contributed by atoms with Gasteiger partial charge in [-0.15, -0.1) is 0 Å². The van der Waals surface area contributed by atoms with Gasteiger partial charge in [-0.05, 0) is 35.2 Å². The molecule has 1 heterocycles. The Morgan fingerprint density at radius 2 is 2.00 bits per heavy atom. The Morgan fingerprint density at radius 3 is 2.80 bits per heavy atom. The Hall–Kier alpha value is -2.45. The van der Waals surface area contributed by atoms with E-state index in [9.17, 15) is 0 Å². The zero-order valence-electron chi connectivity index (χ0n) is 11.3. The predicted octanol–water partition coefficient (Wildman–Crippen LogP) is 4.28. The average molecular weight is 265 g/mol. The van der Waals surface area contributed by atoms with E-state index >= 15 is 0 Å². The molecule has 0 fully saturated rings. The van der Waals surface area contributed by atoms with Crippen molar-refractivity contribution in [2.45, 2.75) is 19.4 Å². The van der Waals surface area contributed by atoms with Crippen molar-refractivity contribution in [1.82, 2.24) is 0 Å². The van der Waals surface area contributed by atoms with Crippen molar-refractivity contribution in [3.8, 4) is 16.9 Å². The van der Waals surface area contributed by atoms with E-state index in [1.54, 1.807) is 0 Å². The summed E-state index contributed by atoms with van der Waals surface area (Å²) < 4.78 is 5.85. The van der Waals surface area contributed by atoms with Gasteiger partial charge in [0.1, 0.15) is 11.9 Å². The highest BCUT2D eigenvalue weighted by molar-refractivity contribution is 5.73. The smallest absolute Gasteiger partial charge is 0.123 e. The summed E-state index contributed by atoms with van der Waals surface area (Å²) in [5, 5.41) is 3.61. The topological polar surface area (TPSA) is 58.0 Å². The molecule has 3 rings (SSSR count). The first-order valence-corrected chi connectivity index (χ1v) is 6.65. The number of aryl methyl sites for hydroxylation is 1.